The SMILES string of the molecule is CN(C(=S)N(c1ccc(C(=O)NCCCc2ccccc2)c(F)c1)C1(C=O)CCC1)c1cnc(C#N)c(C(F)(F)F)c1. The van der Waals surface area contributed by atoms with Crippen molar-refractivity contribution in [3.8, 4) is 6.07 Å². The fraction of sp³-hybridized carbons (Fsp3) is 0.300. The molecule has 0 aliphatic heterocycles. The lowest BCUT2D eigenvalue weighted by atomic mass is 9.76. The van der Waals surface area contributed by atoms with Gasteiger partial charge < -0.3 is 19.9 Å². The molecule has 218 valence electrons. The van der Waals surface area contributed by atoms with Gasteiger partial charge in [0, 0.05) is 19.3 Å². The van der Waals surface area contributed by atoms with Crippen LogP contribution < -0.4 is 15.1 Å². The molecule has 7 nitrogen and oxygen atoms in total. The Morgan fingerprint density at radius 3 is 2.45 bits per heavy atom. The molecule has 1 amide bonds. The molecule has 2 aromatic carbocycles. The third-order valence-electron chi connectivity index (χ3n) is 7.26. The minimum atomic E-state index is -4.84. The molecule has 12 heteroatoms. The third kappa shape index (κ3) is 6.41. The second kappa shape index (κ2) is 12.7. The summed E-state index contributed by atoms with van der Waals surface area (Å²) in [4.78, 5) is 31.2. The Bertz CT molecular complexity index is 1520. The summed E-state index contributed by atoms with van der Waals surface area (Å²) in [6.45, 7) is 0.336. The molecule has 1 N–H and O–H groups in total. The number of amides is 1. The van der Waals surface area contributed by atoms with Gasteiger partial charge in [0.25, 0.3) is 5.91 Å². The summed E-state index contributed by atoms with van der Waals surface area (Å²) < 4.78 is 56.0. The Kier molecular flexibility index (Phi) is 9.21. The third-order valence-corrected chi connectivity index (χ3v) is 7.72. The Balaban J connectivity index is 1.57. The van der Waals surface area contributed by atoms with Gasteiger partial charge in [-0.05, 0) is 74.2 Å². The average Bonchev–Trinajstić information content (AvgIpc) is 2.96. The van der Waals surface area contributed by atoms with Gasteiger partial charge in [0.1, 0.15) is 23.7 Å². The number of carbonyl (C=O) groups is 2. The standard InChI is InChI=1S/C30H27F4N5O2S/c1-38(22-15-24(30(32,33)34)26(17-35)37-18-22)28(42)39(29(19-40)12-6-13-29)21-10-11-23(25(31)16-21)27(41)36-14-5-9-20-7-3-2-4-8-20/h2-4,7-8,10-11,15-16,18-19H,5-6,9,12-14H2,1H3,(H,36,41). The molecule has 0 atom stereocenters. The minimum Gasteiger partial charge on any atom is -0.352 e. The van der Waals surface area contributed by atoms with E-state index in [2.05, 4.69) is 10.3 Å². The lowest BCUT2D eigenvalue weighted by Crippen LogP contribution is -2.60. The molecule has 1 fully saturated rings. The maximum Gasteiger partial charge on any atom is 0.419 e. The molecule has 1 aliphatic carbocycles. The van der Waals surface area contributed by atoms with Crippen molar-refractivity contribution in [3.05, 3.63) is 89.0 Å². The molecule has 0 unspecified atom stereocenters. The largest absolute Gasteiger partial charge is 0.419 e. The first-order valence-electron chi connectivity index (χ1n) is 13.1. The monoisotopic (exact) mass is 597 g/mol. The number of aryl methyl sites for hydroxylation is 1. The number of anilines is 2. The molecule has 0 bridgehead atoms. The number of benzene rings is 2. The summed E-state index contributed by atoms with van der Waals surface area (Å²) in [6.07, 6.45) is -0.219. The van der Waals surface area contributed by atoms with Crippen LogP contribution in [0.3, 0.4) is 0 Å². The van der Waals surface area contributed by atoms with E-state index in [4.69, 9.17) is 17.5 Å². The Hall–Kier alpha value is -4.37. The van der Waals surface area contributed by atoms with Gasteiger partial charge >= 0.3 is 6.18 Å². The minimum absolute atomic E-state index is 0.0799. The summed E-state index contributed by atoms with van der Waals surface area (Å²) in [5.74, 6) is -1.45. The summed E-state index contributed by atoms with van der Waals surface area (Å²) in [5, 5.41) is 11.7. The van der Waals surface area contributed by atoms with Crippen LogP contribution in [0.1, 0.15) is 52.9 Å². The first kappa shape index (κ1) is 30.6. The smallest absolute Gasteiger partial charge is 0.352 e. The number of thiocarbonyl (C=S) groups is 1. The zero-order chi connectivity index (χ0) is 30.5. The predicted octanol–water partition coefficient (Wildman–Crippen LogP) is 5.82. The van der Waals surface area contributed by atoms with Gasteiger partial charge in [-0.1, -0.05) is 30.3 Å². The number of carbonyl (C=O) groups excluding carboxylic acids is 2. The fourth-order valence-corrected chi connectivity index (χ4v) is 5.15. The predicted molar refractivity (Wildman–Crippen MR) is 154 cm³/mol. The number of nitrogens with zero attached hydrogens (tertiary/aromatic N) is 4. The van der Waals surface area contributed by atoms with Crippen LogP contribution in [0.4, 0.5) is 28.9 Å². The van der Waals surface area contributed by atoms with Crippen molar-refractivity contribution in [3.63, 3.8) is 0 Å². The van der Waals surface area contributed by atoms with E-state index in [-0.39, 0.29) is 22.1 Å². The van der Waals surface area contributed by atoms with Crippen molar-refractivity contribution >= 4 is 40.9 Å². The van der Waals surface area contributed by atoms with Crippen LogP contribution in [0.2, 0.25) is 0 Å². The number of hydrogen-bond acceptors (Lipinski definition) is 5. The van der Waals surface area contributed by atoms with E-state index < -0.39 is 34.7 Å². The Labute approximate surface area is 245 Å². The van der Waals surface area contributed by atoms with Crippen LogP contribution in [-0.2, 0) is 17.4 Å². The van der Waals surface area contributed by atoms with Crippen molar-refractivity contribution in [2.45, 2.75) is 43.8 Å². The molecule has 1 heterocycles. The highest BCUT2D eigenvalue weighted by Gasteiger charge is 2.46. The number of halogens is 4. The van der Waals surface area contributed by atoms with Gasteiger partial charge in [0.05, 0.1) is 23.0 Å². The molecule has 0 saturated heterocycles. The average molecular weight is 598 g/mol. The number of alkyl halides is 3. The second-order valence-electron chi connectivity index (χ2n) is 9.96. The number of hydrogen-bond donors (Lipinski definition) is 1. The molecule has 4 rings (SSSR count). The highest BCUT2D eigenvalue weighted by Crippen LogP contribution is 2.41. The van der Waals surface area contributed by atoms with Crippen LogP contribution in [0.25, 0.3) is 0 Å². The lowest BCUT2D eigenvalue weighted by molar-refractivity contribution is -0.138. The summed E-state index contributed by atoms with van der Waals surface area (Å²) in [5.41, 5.74) is -2.17. The number of nitrogens with one attached hydrogen (secondary N) is 1. The van der Waals surface area contributed by atoms with Gasteiger partial charge in [-0.25, -0.2) is 9.37 Å². The highest BCUT2D eigenvalue weighted by atomic mass is 32.1. The second-order valence-corrected chi connectivity index (χ2v) is 10.3. The van der Waals surface area contributed by atoms with Crippen LogP contribution in [0.15, 0.2) is 60.8 Å². The molecule has 0 radical (unpaired) electrons. The molecule has 1 saturated carbocycles. The van der Waals surface area contributed by atoms with E-state index in [1.807, 2.05) is 30.3 Å². The van der Waals surface area contributed by atoms with Gasteiger partial charge in [-0.3, -0.25) is 4.79 Å². The molecule has 1 aliphatic rings. The van der Waals surface area contributed by atoms with Crippen LogP contribution in [0, 0.1) is 17.1 Å². The molecule has 0 spiro atoms. The maximum absolute atomic E-state index is 15.3. The quantitative estimate of drug-likeness (QED) is 0.144. The first-order valence-corrected chi connectivity index (χ1v) is 13.5. The molecular formula is C30H27F4N5O2S. The topological polar surface area (TPSA) is 89.3 Å². The molecule has 3 aromatic rings. The summed E-state index contributed by atoms with van der Waals surface area (Å²) in [6, 6.07) is 15.7. The number of aldehydes is 1. The van der Waals surface area contributed by atoms with E-state index in [1.54, 1.807) is 0 Å². The van der Waals surface area contributed by atoms with E-state index >= 15 is 4.39 Å². The summed E-state index contributed by atoms with van der Waals surface area (Å²) >= 11 is 5.63. The van der Waals surface area contributed by atoms with E-state index in [0.717, 1.165) is 30.3 Å². The van der Waals surface area contributed by atoms with Crippen molar-refractivity contribution in [1.29, 1.82) is 5.26 Å². The number of rotatable bonds is 9. The van der Waals surface area contributed by atoms with E-state index in [1.165, 1.54) is 35.0 Å². The molecular weight excluding hydrogens is 570 g/mol. The zero-order valence-electron chi connectivity index (χ0n) is 22.6. The normalized spacial score (nSPS) is 13.8. The lowest BCUT2D eigenvalue weighted by Gasteiger charge is -2.48. The molecule has 1 aromatic heterocycles. The van der Waals surface area contributed by atoms with E-state index in [0.29, 0.717) is 38.5 Å². The Morgan fingerprint density at radius 2 is 1.88 bits per heavy atom. The highest BCUT2D eigenvalue weighted by molar-refractivity contribution is 7.80. The van der Waals surface area contributed by atoms with Crippen molar-refractivity contribution in [2.75, 3.05) is 23.4 Å². The van der Waals surface area contributed by atoms with Crippen molar-refractivity contribution < 1.29 is 27.2 Å². The maximum atomic E-state index is 15.3. The Morgan fingerprint density at radius 1 is 1.17 bits per heavy atom. The number of pyridine rings is 1. The van der Waals surface area contributed by atoms with Crippen LogP contribution in [-0.4, -0.2) is 41.4 Å². The first-order chi connectivity index (χ1) is 20.0. The summed E-state index contributed by atoms with van der Waals surface area (Å²) in [7, 11) is 1.39. The van der Waals surface area contributed by atoms with Crippen LogP contribution >= 0.6 is 12.2 Å². The van der Waals surface area contributed by atoms with Crippen molar-refractivity contribution in [1.82, 2.24) is 10.3 Å². The van der Waals surface area contributed by atoms with Gasteiger partial charge in [0.2, 0.25) is 0 Å². The molecule has 42 heavy (non-hydrogen) atoms. The number of aromatic nitrogens is 1. The van der Waals surface area contributed by atoms with Gasteiger partial charge in [-0.2, -0.15) is 18.4 Å². The van der Waals surface area contributed by atoms with Gasteiger partial charge in [-0.15, -0.1) is 0 Å². The van der Waals surface area contributed by atoms with Crippen LogP contribution in [0.5, 0.6) is 0 Å². The van der Waals surface area contributed by atoms with Crippen molar-refractivity contribution in [2.24, 2.45) is 0 Å². The van der Waals surface area contributed by atoms with Gasteiger partial charge in [0.15, 0.2) is 10.8 Å². The zero-order valence-corrected chi connectivity index (χ0v) is 23.4. The number of nitriles is 1. The van der Waals surface area contributed by atoms with E-state index in [9.17, 15) is 22.8 Å². The fourth-order valence-electron chi connectivity index (χ4n) is 4.76.